The minimum Gasteiger partial charge on any atom is -0.507 e. The highest BCUT2D eigenvalue weighted by Gasteiger charge is 2.38. The maximum atomic E-state index is 13.6. The summed E-state index contributed by atoms with van der Waals surface area (Å²) in [5.74, 6) is 1.17. The fourth-order valence-corrected chi connectivity index (χ4v) is 5.36. The third kappa shape index (κ3) is 6.72. The Morgan fingerprint density at radius 2 is 1.64 bits per heavy atom. The largest absolute Gasteiger partial charge is 0.507 e. The summed E-state index contributed by atoms with van der Waals surface area (Å²) < 4.78 is 0. The number of likely N-dealkylation sites (tertiary alicyclic amines) is 1. The topological polar surface area (TPSA) is 64.4 Å². The highest BCUT2D eigenvalue weighted by atomic mass is 79.9. The number of nitrogens with zero attached hydrogens (tertiary/aromatic N) is 1. The lowest BCUT2D eigenvalue weighted by Crippen LogP contribution is -2.33. The predicted molar refractivity (Wildman–Crippen MR) is 157 cm³/mol. The van der Waals surface area contributed by atoms with Crippen molar-refractivity contribution < 1.29 is 9.90 Å². The SMILES string of the molecule is Br.CCC[C@H]1CN(CC(=O)c2cc(C(C)(C)C)c(O)c(C(C)(C)C)c2)C(=N)[C@@H]1Cc1ccccc1Cl. The predicted octanol–water partition coefficient (Wildman–Crippen LogP) is 7.97. The first-order valence-corrected chi connectivity index (χ1v) is 13.1. The number of halogens is 2. The number of carbonyl (C=O) groups is 1. The summed E-state index contributed by atoms with van der Waals surface area (Å²) >= 11 is 6.43. The smallest absolute Gasteiger partial charge is 0.182 e. The zero-order valence-corrected chi connectivity index (χ0v) is 25.2. The Morgan fingerprint density at radius 3 is 2.14 bits per heavy atom. The van der Waals surface area contributed by atoms with Crippen molar-refractivity contribution in [2.24, 2.45) is 11.8 Å². The molecule has 2 atom stereocenters. The Morgan fingerprint density at radius 1 is 1.08 bits per heavy atom. The molecule has 0 radical (unpaired) electrons. The molecule has 1 aliphatic heterocycles. The maximum absolute atomic E-state index is 13.6. The van der Waals surface area contributed by atoms with Gasteiger partial charge in [-0.15, -0.1) is 17.0 Å². The van der Waals surface area contributed by atoms with Crippen molar-refractivity contribution >= 4 is 40.2 Å². The minimum atomic E-state index is -0.299. The van der Waals surface area contributed by atoms with Crippen LogP contribution >= 0.6 is 28.6 Å². The van der Waals surface area contributed by atoms with Crippen LogP contribution in [-0.2, 0) is 17.3 Å². The molecule has 0 aliphatic carbocycles. The highest BCUT2D eigenvalue weighted by Crippen LogP contribution is 2.40. The lowest BCUT2D eigenvalue weighted by Gasteiger charge is -2.28. The number of rotatable bonds is 7. The van der Waals surface area contributed by atoms with Crippen LogP contribution in [0.4, 0.5) is 0 Å². The molecule has 2 N–H and O–H groups in total. The number of nitrogens with one attached hydrogen (secondary N) is 1. The third-order valence-corrected chi connectivity index (χ3v) is 7.52. The van der Waals surface area contributed by atoms with Crippen molar-refractivity contribution in [3.05, 3.63) is 63.7 Å². The Hall–Kier alpha value is -1.85. The molecule has 3 rings (SSSR count). The molecule has 1 heterocycles. The molecule has 1 aliphatic rings. The average Bonchev–Trinajstić information content (AvgIpc) is 3.03. The number of ketones is 1. The van der Waals surface area contributed by atoms with E-state index in [1.165, 1.54) is 0 Å². The zero-order valence-electron chi connectivity index (χ0n) is 22.7. The van der Waals surface area contributed by atoms with Crippen molar-refractivity contribution in [3.63, 3.8) is 0 Å². The number of aromatic hydroxyl groups is 1. The molecule has 0 amide bonds. The standard InChI is InChI=1S/C30H41ClN2O2.BrH/c1-8-11-20-17-33(28(32)22(20)14-19-12-9-10-13-25(19)31)18-26(34)21-15-23(29(2,3)4)27(35)24(16-21)30(5,6)7;/h9-10,12-13,15-16,20,22,32,35H,8,11,14,17-18H2,1-7H3;1H/t20-,22+;/m0./s1. The summed E-state index contributed by atoms with van der Waals surface area (Å²) in [5, 5.41) is 20.7. The lowest BCUT2D eigenvalue weighted by molar-refractivity contribution is 0.0963. The molecule has 198 valence electrons. The van der Waals surface area contributed by atoms with E-state index in [0.29, 0.717) is 23.9 Å². The number of Topliss-reactive ketones (excluding diaryl/α,β-unsaturated/α-hetero) is 1. The second-order valence-corrected chi connectivity index (χ2v) is 12.5. The van der Waals surface area contributed by atoms with Crippen LogP contribution in [0.2, 0.25) is 5.02 Å². The molecule has 4 nitrogen and oxygen atoms in total. The number of phenolic OH excluding ortho intramolecular Hbond substituents is 1. The van der Waals surface area contributed by atoms with Gasteiger partial charge in [-0.1, -0.05) is 84.7 Å². The van der Waals surface area contributed by atoms with Crippen LogP contribution in [0.25, 0.3) is 0 Å². The van der Waals surface area contributed by atoms with E-state index in [9.17, 15) is 9.90 Å². The highest BCUT2D eigenvalue weighted by molar-refractivity contribution is 8.93. The van der Waals surface area contributed by atoms with E-state index in [4.69, 9.17) is 17.0 Å². The fourth-order valence-electron chi connectivity index (χ4n) is 5.15. The van der Waals surface area contributed by atoms with Crippen molar-refractivity contribution in [2.45, 2.75) is 78.6 Å². The van der Waals surface area contributed by atoms with Crippen LogP contribution in [0.15, 0.2) is 36.4 Å². The molecule has 1 saturated heterocycles. The summed E-state index contributed by atoms with van der Waals surface area (Å²) in [5.41, 5.74) is 2.63. The van der Waals surface area contributed by atoms with E-state index in [1.807, 2.05) is 82.8 Å². The molecule has 2 aromatic rings. The number of carbonyl (C=O) groups excluding carboxylic acids is 1. The third-order valence-electron chi connectivity index (χ3n) is 7.16. The van der Waals surface area contributed by atoms with Crippen molar-refractivity contribution in [1.82, 2.24) is 4.90 Å². The number of hydrogen-bond acceptors (Lipinski definition) is 3. The van der Waals surface area contributed by atoms with Crippen LogP contribution in [0, 0.1) is 17.2 Å². The van der Waals surface area contributed by atoms with Gasteiger partial charge in [0.15, 0.2) is 5.78 Å². The average molecular weight is 578 g/mol. The molecular weight excluding hydrogens is 536 g/mol. The van der Waals surface area contributed by atoms with Crippen LogP contribution in [-0.4, -0.2) is 34.7 Å². The van der Waals surface area contributed by atoms with Crippen molar-refractivity contribution in [3.8, 4) is 5.75 Å². The van der Waals surface area contributed by atoms with Crippen LogP contribution in [0.5, 0.6) is 5.75 Å². The summed E-state index contributed by atoms with van der Waals surface area (Å²) in [6, 6.07) is 11.5. The maximum Gasteiger partial charge on any atom is 0.182 e. The van der Waals surface area contributed by atoms with Crippen LogP contribution in [0.3, 0.4) is 0 Å². The van der Waals surface area contributed by atoms with Gasteiger partial charge in [-0.3, -0.25) is 10.2 Å². The molecule has 6 heteroatoms. The summed E-state index contributed by atoms with van der Waals surface area (Å²) in [4.78, 5) is 15.5. The monoisotopic (exact) mass is 576 g/mol. The van der Waals surface area contributed by atoms with E-state index >= 15 is 0 Å². The molecule has 0 saturated carbocycles. The van der Waals surface area contributed by atoms with Crippen molar-refractivity contribution in [1.29, 1.82) is 5.41 Å². The van der Waals surface area contributed by atoms with E-state index in [2.05, 4.69) is 6.92 Å². The van der Waals surface area contributed by atoms with E-state index in [0.717, 1.165) is 41.0 Å². The summed E-state index contributed by atoms with van der Waals surface area (Å²) in [7, 11) is 0. The second kappa shape index (κ2) is 11.7. The quantitative estimate of drug-likeness (QED) is 0.328. The molecule has 1 fully saturated rings. The molecule has 0 spiro atoms. The fraction of sp³-hybridized carbons (Fsp3) is 0.533. The molecule has 0 aromatic heterocycles. The number of benzene rings is 2. The van der Waals surface area contributed by atoms with Gasteiger partial charge in [0.05, 0.1) is 6.54 Å². The van der Waals surface area contributed by atoms with E-state index in [-0.39, 0.29) is 51.8 Å². The summed E-state index contributed by atoms with van der Waals surface area (Å²) in [6.07, 6.45) is 2.78. The van der Waals surface area contributed by atoms with Gasteiger partial charge in [-0.05, 0) is 53.4 Å². The molecule has 0 bridgehead atoms. The van der Waals surface area contributed by atoms with Gasteiger partial charge in [0.2, 0.25) is 0 Å². The number of amidine groups is 1. The van der Waals surface area contributed by atoms with E-state index < -0.39 is 0 Å². The number of phenols is 1. The molecular formula is C30H42BrClN2O2. The van der Waals surface area contributed by atoms with Gasteiger partial charge in [-0.25, -0.2) is 0 Å². The van der Waals surface area contributed by atoms with Crippen molar-refractivity contribution in [2.75, 3.05) is 13.1 Å². The Bertz CT molecular complexity index is 1070. The Kier molecular flexibility index (Phi) is 9.86. The normalized spacial score (nSPS) is 18.3. The zero-order chi connectivity index (χ0) is 26.1. The summed E-state index contributed by atoms with van der Waals surface area (Å²) in [6.45, 7) is 15.4. The van der Waals surface area contributed by atoms with Gasteiger partial charge >= 0.3 is 0 Å². The Balaban J connectivity index is 0.00000456. The van der Waals surface area contributed by atoms with Crippen LogP contribution < -0.4 is 0 Å². The Labute approximate surface area is 232 Å². The van der Waals surface area contributed by atoms with Gasteiger partial charge < -0.3 is 10.0 Å². The first kappa shape index (κ1) is 30.4. The van der Waals surface area contributed by atoms with E-state index in [1.54, 1.807) is 0 Å². The second-order valence-electron chi connectivity index (χ2n) is 12.1. The first-order chi connectivity index (χ1) is 16.2. The van der Waals surface area contributed by atoms with Gasteiger partial charge in [0.25, 0.3) is 0 Å². The first-order valence-electron chi connectivity index (χ1n) is 12.7. The molecule has 0 unspecified atom stereocenters. The molecule has 36 heavy (non-hydrogen) atoms. The van der Waals surface area contributed by atoms with Gasteiger partial charge in [0.1, 0.15) is 11.6 Å². The number of hydrogen-bond donors (Lipinski definition) is 2. The lowest BCUT2D eigenvalue weighted by atomic mass is 9.78. The minimum absolute atomic E-state index is 0. The molecule has 2 aromatic carbocycles. The van der Waals surface area contributed by atoms with Gasteiger partial charge in [0, 0.05) is 34.2 Å². The van der Waals surface area contributed by atoms with Gasteiger partial charge in [-0.2, -0.15) is 0 Å². The van der Waals surface area contributed by atoms with Crippen LogP contribution in [0.1, 0.15) is 88.4 Å².